The fraction of sp³-hybridized carbons (Fsp3) is 0.333. The minimum atomic E-state index is -0.722. The number of ether oxygens (including phenoxy) is 3. The molecule has 6 nitrogen and oxygen atoms in total. The molecule has 2 aromatic rings. The van der Waals surface area contributed by atoms with E-state index in [9.17, 15) is 4.79 Å². The van der Waals surface area contributed by atoms with E-state index in [-0.39, 0.29) is 12.0 Å². The fourth-order valence-electron chi connectivity index (χ4n) is 2.91. The summed E-state index contributed by atoms with van der Waals surface area (Å²) in [6, 6.07) is 12.4. The number of carbonyl (C=O) groups is 1. The van der Waals surface area contributed by atoms with E-state index >= 15 is 0 Å². The molecule has 1 aliphatic heterocycles. The molecule has 0 aliphatic carbocycles. The van der Waals surface area contributed by atoms with E-state index in [1.807, 2.05) is 26.0 Å². The maximum Gasteiger partial charge on any atom is 0.265 e. The van der Waals surface area contributed by atoms with Crippen molar-refractivity contribution in [1.29, 1.82) is 5.26 Å². The van der Waals surface area contributed by atoms with Crippen LogP contribution in [0.4, 0.5) is 5.69 Å². The van der Waals surface area contributed by atoms with Crippen LogP contribution in [-0.2, 0) is 11.2 Å². The molecule has 2 atom stereocenters. The molecule has 2 aromatic carbocycles. The number of nitriles is 1. The second-order valence-corrected chi connectivity index (χ2v) is 6.41. The van der Waals surface area contributed by atoms with Crippen molar-refractivity contribution in [2.75, 3.05) is 11.9 Å². The van der Waals surface area contributed by atoms with Gasteiger partial charge in [-0.05, 0) is 51.1 Å². The summed E-state index contributed by atoms with van der Waals surface area (Å²) in [5, 5.41) is 11.7. The molecule has 0 fully saturated rings. The second kappa shape index (κ2) is 8.00. The Hall–Kier alpha value is -3.20. The highest BCUT2D eigenvalue weighted by molar-refractivity contribution is 5.95. The standard InChI is InChI=1S/C21H22N2O4/c1-4-25-20-10-16-9-13(2)26-19(16)11-18(20)23-21(24)14(3)27-17-7-5-15(12-22)6-8-17/h5-8,10-11,13-14H,4,9H2,1-3H3,(H,23,24)/t13-,14-/m1/s1. The number of hydrogen-bond donors (Lipinski definition) is 1. The summed E-state index contributed by atoms with van der Waals surface area (Å²) in [5.74, 6) is 1.61. The molecule has 1 heterocycles. The molecule has 0 radical (unpaired) electrons. The molecular formula is C21H22N2O4. The number of amides is 1. The van der Waals surface area contributed by atoms with Gasteiger partial charge in [0, 0.05) is 18.1 Å². The molecule has 0 aromatic heterocycles. The Labute approximate surface area is 158 Å². The van der Waals surface area contributed by atoms with Gasteiger partial charge in [-0.2, -0.15) is 5.26 Å². The lowest BCUT2D eigenvalue weighted by Crippen LogP contribution is -2.30. The van der Waals surface area contributed by atoms with Crippen LogP contribution in [-0.4, -0.2) is 24.7 Å². The van der Waals surface area contributed by atoms with Gasteiger partial charge in [0.1, 0.15) is 23.4 Å². The maximum atomic E-state index is 12.6. The molecule has 0 saturated heterocycles. The van der Waals surface area contributed by atoms with Crippen molar-refractivity contribution >= 4 is 11.6 Å². The van der Waals surface area contributed by atoms with Crippen LogP contribution in [0.1, 0.15) is 31.9 Å². The number of anilines is 1. The van der Waals surface area contributed by atoms with Gasteiger partial charge in [-0.25, -0.2) is 0 Å². The second-order valence-electron chi connectivity index (χ2n) is 6.41. The average molecular weight is 366 g/mol. The maximum absolute atomic E-state index is 12.6. The first kappa shape index (κ1) is 18.6. The monoisotopic (exact) mass is 366 g/mol. The van der Waals surface area contributed by atoms with E-state index in [2.05, 4.69) is 5.32 Å². The van der Waals surface area contributed by atoms with Crippen LogP contribution in [0.25, 0.3) is 0 Å². The van der Waals surface area contributed by atoms with Crippen LogP contribution in [0.5, 0.6) is 17.2 Å². The van der Waals surface area contributed by atoms with Gasteiger partial charge in [0.25, 0.3) is 5.91 Å². The summed E-state index contributed by atoms with van der Waals surface area (Å²) in [4.78, 5) is 12.6. The van der Waals surface area contributed by atoms with E-state index < -0.39 is 6.10 Å². The predicted molar refractivity (Wildman–Crippen MR) is 101 cm³/mol. The lowest BCUT2D eigenvalue weighted by Gasteiger charge is -2.17. The van der Waals surface area contributed by atoms with Crippen molar-refractivity contribution in [3.8, 4) is 23.3 Å². The van der Waals surface area contributed by atoms with Gasteiger partial charge in [-0.1, -0.05) is 0 Å². The summed E-state index contributed by atoms with van der Waals surface area (Å²) in [6.45, 7) is 6.07. The molecule has 1 amide bonds. The fourth-order valence-corrected chi connectivity index (χ4v) is 2.91. The number of nitrogens with zero attached hydrogens (tertiary/aromatic N) is 1. The quantitative estimate of drug-likeness (QED) is 0.843. The Kier molecular flexibility index (Phi) is 5.51. The Morgan fingerprint density at radius 2 is 2.11 bits per heavy atom. The van der Waals surface area contributed by atoms with Crippen LogP contribution in [0.15, 0.2) is 36.4 Å². The van der Waals surface area contributed by atoms with Crippen LogP contribution in [0.2, 0.25) is 0 Å². The lowest BCUT2D eigenvalue weighted by atomic mass is 10.1. The Morgan fingerprint density at radius 3 is 2.78 bits per heavy atom. The molecule has 140 valence electrons. The SMILES string of the molecule is CCOc1cc2c(cc1NC(=O)[C@@H](C)Oc1ccc(C#N)cc1)O[C@H](C)C2. The van der Waals surface area contributed by atoms with Crippen molar-refractivity contribution in [2.45, 2.75) is 39.4 Å². The summed E-state index contributed by atoms with van der Waals surface area (Å²) in [7, 11) is 0. The molecule has 0 spiro atoms. The zero-order chi connectivity index (χ0) is 19.4. The first-order valence-electron chi connectivity index (χ1n) is 8.94. The molecule has 27 heavy (non-hydrogen) atoms. The highest BCUT2D eigenvalue weighted by Crippen LogP contribution is 2.38. The van der Waals surface area contributed by atoms with Gasteiger partial charge < -0.3 is 19.5 Å². The van der Waals surface area contributed by atoms with Crippen LogP contribution in [0.3, 0.4) is 0 Å². The highest BCUT2D eigenvalue weighted by Gasteiger charge is 2.24. The topological polar surface area (TPSA) is 80.6 Å². The molecule has 0 bridgehead atoms. The van der Waals surface area contributed by atoms with Crippen molar-refractivity contribution in [1.82, 2.24) is 0 Å². The average Bonchev–Trinajstić information content (AvgIpc) is 3.01. The number of fused-ring (bicyclic) bond motifs is 1. The molecule has 6 heteroatoms. The predicted octanol–water partition coefficient (Wildman–Crippen LogP) is 3.69. The van der Waals surface area contributed by atoms with E-state index in [4.69, 9.17) is 19.5 Å². The molecule has 1 N–H and O–H groups in total. The van der Waals surface area contributed by atoms with E-state index in [0.717, 1.165) is 17.7 Å². The van der Waals surface area contributed by atoms with Crippen LogP contribution >= 0.6 is 0 Å². The third-order valence-corrected chi connectivity index (χ3v) is 4.22. The normalized spacial score (nSPS) is 15.9. The van der Waals surface area contributed by atoms with Gasteiger partial charge in [-0.3, -0.25) is 4.79 Å². The van der Waals surface area contributed by atoms with Crippen LogP contribution < -0.4 is 19.5 Å². The minimum absolute atomic E-state index is 0.110. The number of benzene rings is 2. The van der Waals surface area contributed by atoms with Crippen molar-refractivity contribution in [3.05, 3.63) is 47.5 Å². The molecule has 0 saturated carbocycles. The zero-order valence-corrected chi connectivity index (χ0v) is 15.6. The Bertz CT molecular complexity index is 871. The highest BCUT2D eigenvalue weighted by atomic mass is 16.5. The minimum Gasteiger partial charge on any atom is -0.492 e. The number of rotatable bonds is 6. The Balaban J connectivity index is 1.72. The summed E-state index contributed by atoms with van der Waals surface area (Å²) >= 11 is 0. The molecule has 0 unspecified atom stereocenters. The smallest absolute Gasteiger partial charge is 0.265 e. The molecular weight excluding hydrogens is 344 g/mol. The summed E-state index contributed by atoms with van der Waals surface area (Å²) in [6.07, 6.45) is 0.210. The van der Waals surface area contributed by atoms with E-state index in [1.165, 1.54) is 0 Å². The van der Waals surface area contributed by atoms with Crippen molar-refractivity contribution in [3.63, 3.8) is 0 Å². The number of nitrogens with one attached hydrogen (secondary N) is 1. The van der Waals surface area contributed by atoms with Crippen molar-refractivity contribution < 1.29 is 19.0 Å². The van der Waals surface area contributed by atoms with Crippen molar-refractivity contribution in [2.24, 2.45) is 0 Å². The van der Waals surface area contributed by atoms with E-state index in [0.29, 0.717) is 29.4 Å². The molecule has 3 rings (SSSR count). The van der Waals surface area contributed by atoms with Gasteiger partial charge in [0.15, 0.2) is 6.10 Å². The third-order valence-electron chi connectivity index (χ3n) is 4.22. The summed E-state index contributed by atoms with van der Waals surface area (Å²) in [5.41, 5.74) is 2.17. The van der Waals surface area contributed by atoms with E-state index in [1.54, 1.807) is 37.3 Å². The summed E-state index contributed by atoms with van der Waals surface area (Å²) < 4.78 is 17.1. The third kappa shape index (κ3) is 4.32. The van der Waals surface area contributed by atoms with Gasteiger partial charge >= 0.3 is 0 Å². The number of carbonyl (C=O) groups excluding carboxylic acids is 1. The van der Waals surface area contributed by atoms with Gasteiger partial charge in [-0.15, -0.1) is 0 Å². The molecule has 1 aliphatic rings. The lowest BCUT2D eigenvalue weighted by molar-refractivity contribution is -0.122. The zero-order valence-electron chi connectivity index (χ0n) is 15.6. The largest absolute Gasteiger partial charge is 0.492 e. The Morgan fingerprint density at radius 1 is 1.37 bits per heavy atom. The first-order valence-corrected chi connectivity index (χ1v) is 8.94. The van der Waals surface area contributed by atoms with Gasteiger partial charge in [0.2, 0.25) is 0 Å². The van der Waals surface area contributed by atoms with Gasteiger partial charge in [0.05, 0.1) is 23.9 Å². The number of hydrogen-bond acceptors (Lipinski definition) is 5. The first-order chi connectivity index (χ1) is 13.0. The van der Waals surface area contributed by atoms with Crippen LogP contribution in [0, 0.1) is 11.3 Å².